The topological polar surface area (TPSA) is 43.1 Å². The summed E-state index contributed by atoms with van der Waals surface area (Å²) in [5.74, 6) is 0.228. The summed E-state index contributed by atoms with van der Waals surface area (Å²) in [7, 11) is 0. The lowest BCUT2D eigenvalue weighted by Gasteiger charge is -2.07. The number of hydrogen-bond acceptors (Lipinski definition) is 2. The molecule has 0 aliphatic carbocycles. The van der Waals surface area contributed by atoms with E-state index in [-0.39, 0.29) is 5.78 Å². The van der Waals surface area contributed by atoms with E-state index in [2.05, 4.69) is 6.07 Å². The molecule has 0 amide bonds. The number of nitrogens with two attached hydrogens (primary N) is 1. The van der Waals surface area contributed by atoms with Crippen LogP contribution in [0.5, 0.6) is 0 Å². The number of carbonyl (C=O) groups excluding carboxylic acids is 1. The molecule has 2 heteroatoms. The van der Waals surface area contributed by atoms with Gasteiger partial charge in [-0.1, -0.05) is 54.1 Å². The molecule has 98 valence electrons. The number of ketones is 1. The van der Waals surface area contributed by atoms with E-state index in [0.717, 1.165) is 16.7 Å². The predicted octanol–water partition coefficient (Wildman–Crippen LogP) is 2.81. The van der Waals surface area contributed by atoms with Gasteiger partial charge < -0.3 is 5.73 Å². The lowest BCUT2D eigenvalue weighted by molar-refractivity contribution is -0.117. The first-order valence-electron chi connectivity index (χ1n) is 6.53. The fourth-order valence-corrected chi connectivity index (χ4v) is 2.25. The first kappa shape index (κ1) is 13.5. The number of carbonyl (C=O) groups is 1. The van der Waals surface area contributed by atoms with E-state index in [1.165, 1.54) is 5.56 Å². The number of Topliss-reactive ketones (excluding diaryl/α,β-unsaturated/α-hetero) is 1. The van der Waals surface area contributed by atoms with Crippen LogP contribution in [0.25, 0.3) is 0 Å². The van der Waals surface area contributed by atoms with Crippen LogP contribution in [0.3, 0.4) is 0 Å². The van der Waals surface area contributed by atoms with Crippen LogP contribution in [0.2, 0.25) is 0 Å². The minimum Gasteiger partial charge on any atom is -0.326 e. The average molecular weight is 253 g/mol. The second-order valence-corrected chi connectivity index (χ2v) is 4.85. The number of aryl methyl sites for hydroxylation is 1. The quantitative estimate of drug-likeness (QED) is 0.890. The Bertz CT molecular complexity index is 575. The van der Waals surface area contributed by atoms with Crippen molar-refractivity contribution in [3.63, 3.8) is 0 Å². The van der Waals surface area contributed by atoms with Crippen LogP contribution in [0.1, 0.15) is 22.3 Å². The monoisotopic (exact) mass is 253 g/mol. The standard InChI is InChI=1S/C17H19NO/c1-13-5-4-6-14(9-13)10-17(19)11-15-7-2-3-8-16(15)12-18/h2-9H,10-12,18H2,1H3. The SMILES string of the molecule is Cc1cccc(CC(=O)Cc2ccccc2CN)c1. The smallest absolute Gasteiger partial charge is 0.141 e. The number of rotatable bonds is 5. The van der Waals surface area contributed by atoms with E-state index < -0.39 is 0 Å². The molecule has 0 radical (unpaired) electrons. The van der Waals surface area contributed by atoms with Crippen LogP contribution in [0, 0.1) is 6.92 Å². The highest BCUT2D eigenvalue weighted by Crippen LogP contribution is 2.11. The summed E-state index contributed by atoms with van der Waals surface area (Å²) >= 11 is 0. The second kappa shape index (κ2) is 6.30. The third-order valence-corrected chi connectivity index (χ3v) is 3.21. The second-order valence-electron chi connectivity index (χ2n) is 4.85. The number of benzene rings is 2. The lowest BCUT2D eigenvalue weighted by atomic mass is 9.98. The summed E-state index contributed by atoms with van der Waals surface area (Å²) in [6.07, 6.45) is 0.946. The maximum absolute atomic E-state index is 12.1. The summed E-state index contributed by atoms with van der Waals surface area (Å²) in [5.41, 5.74) is 10.1. The van der Waals surface area contributed by atoms with Gasteiger partial charge in [-0.3, -0.25) is 4.79 Å². The maximum atomic E-state index is 12.1. The molecule has 2 aromatic rings. The van der Waals surface area contributed by atoms with Gasteiger partial charge in [-0.25, -0.2) is 0 Å². The van der Waals surface area contributed by atoms with E-state index >= 15 is 0 Å². The highest BCUT2D eigenvalue weighted by molar-refractivity contribution is 5.83. The van der Waals surface area contributed by atoms with Gasteiger partial charge in [0.1, 0.15) is 5.78 Å². The number of hydrogen-bond donors (Lipinski definition) is 1. The fourth-order valence-electron chi connectivity index (χ4n) is 2.25. The molecule has 0 aliphatic heterocycles. The molecule has 0 atom stereocenters. The zero-order valence-electron chi connectivity index (χ0n) is 11.2. The molecule has 0 spiro atoms. The van der Waals surface area contributed by atoms with Gasteiger partial charge >= 0.3 is 0 Å². The van der Waals surface area contributed by atoms with E-state index in [9.17, 15) is 4.79 Å². The van der Waals surface area contributed by atoms with Gasteiger partial charge in [0.05, 0.1) is 0 Å². The summed E-state index contributed by atoms with van der Waals surface area (Å²) in [6.45, 7) is 2.52. The molecule has 0 saturated carbocycles. The van der Waals surface area contributed by atoms with Gasteiger partial charge in [-0.05, 0) is 23.6 Å². The molecule has 0 unspecified atom stereocenters. The largest absolute Gasteiger partial charge is 0.326 e. The van der Waals surface area contributed by atoms with Gasteiger partial charge in [-0.15, -0.1) is 0 Å². The van der Waals surface area contributed by atoms with Crippen molar-refractivity contribution in [3.05, 3.63) is 70.8 Å². The van der Waals surface area contributed by atoms with Gasteiger partial charge in [0.15, 0.2) is 0 Å². The molecule has 19 heavy (non-hydrogen) atoms. The van der Waals surface area contributed by atoms with Crippen molar-refractivity contribution in [2.75, 3.05) is 0 Å². The van der Waals surface area contributed by atoms with Crippen molar-refractivity contribution in [3.8, 4) is 0 Å². The third-order valence-electron chi connectivity index (χ3n) is 3.21. The fraction of sp³-hybridized carbons (Fsp3) is 0.235. The molecular weight excluding hydrogens is 234 g/mol. The lowest BCUT2D eigenvalue weighted by Crippen LogP contribution is -2.10. The first-order valence-corrected chi connectivity index (χ1v) is 6.53. The summed E-state index contributed by atoms with van der Waals surface area (Å²) in [4.78, 5) is 12.1. The molecule has 2 aromatic carbocycles. The van der Waals surface area contributed by atoms with E-state index in [4.69, 9.17) is 5.73 Å². The molecule has 0 aromatic heterocycles. The van der Waals surface area contributed by atoms with Crippen molar-refractivity contribution in [2.45, 2.75) is 26.3 Å². The van der Waals surface area contributed by atoms with Gasteiger partial charge in [0, 0.05) is 19.4 Å². The molecular formula is C17H19NO. The molecule has 0 bridgehead atoms. The van der Waals surface area contributed by atoms with E-state index in [1.54, 1.807) is 0 Å². The summed E-state index contributed by atoms with van der Waals surface area (Å²) in [6, 6.07) is 16.0. The molecule has 0 heterocycles. The molecule has 0 aliphatic rings. The van der Waals surface area contributed by atoms with Crippen LogP contribution in [0.15, 0.2) is 48.5 Å². The summed E-state index contributed by atoms with van der Waals surface area (Å²) < 4.78 is 0. The van der Waals surface area contributed by atoms with Crippen molar-refractivity contribution in [1.82, 2.24) is 0 Å². The average Bonchev–Trinajstić information content (AvgIpc) is 2.39. The highest BCUT2D eigenvalue weighted by Gasteiger charge is 2.08. The van der Waals surface area contributed by atoms with Crippen molar-refractivity contribution >= 4 is 5.78 Å². The van der Waals surface area contributed by atoms with E-state index in [0.29, 0.717) is 19.4 Å². The van der Waals surface area contributed by atoms with Crippen molar-refractivity contribution in [1.29, 1.82) is 0 Å². The van der Waals surface area contributed by atoms with Gasteiger partial charge in [0.25, 0.3) is 0 Å². The van der Waals surface area contributed by atoms with Crippen LogP contribution in [0.4, 0.5) is 0 Å². The minimum absolute atomic E-state index is 0.228. The van der Waals surface area contributed by atoms with Gasteiger partial charge in [-0.2, -0.15) is 0 Å². The highest BCUT2D eigenvalue weighted by atomic mass is 16.1. The zero-order chi connectivity index (χ0) is 13.7. The normalized spacial score (nSPS) is 10.4. The molecule has 0 saturated heterocycles. The van der Waals surface area contributed by atoms with Gasteiger partial charge in [0.2, 0.25) is 0 Å². The van der Waals surface area contributed by atoms with Crippen LogP contribution in [-0.4, -0.2) is 5.78 Å². The Morgan fingerprint density at radius 1 is 1.00 bits per heavy atom. The molecule has 2 N–H and O–H groups in total. The van der Waals surface area contributed by atoms with Crippen molar-refractivity contribution in [2.24, 2.45) is 5.73 Å². The predicted molar refractivity (Wildman–Crippen MR) is 77.9 cm³/mol. The van der Waals surface area contributed by atoms with E-state index in [1.807, 2.05) is 49.4 Å². The van der Waals surface area contributed by atoms with Crippen molar-refractivity contribution < 1.29 is 4.79 Å². The first-order chi connectivity index (χ1) is 9.19. The Balaban J connectivity index is 2.05. The molecule has 2 rings (SSSR count). The molecule has 0 fully saturated rings. The zero-order valence-corrected chi connectivity index (χ0v) is 11.2. The van der Waals surface area contributed by atoms with Crippen LogP contribution in [-0.2, 0) is 24.2 Å². The Morgan fingerprint density at radius 2 is 1.74 bits per heavy atom. The molecule has 2 nitrogen and oxygen atoms in total. The Hall–Kier alpha value is -1.93. The summed E-state index contributed by atoms with van der Waals surface area (Å²) in [5, 5.41) is 0. The minimum atomic E-state index is 0.228. The maximum Gasteiger partial charge on any atom is 0.141 e. The Kier molecular flexibility index (Phi) is 4.48. The Labute approximate surface area is 114 Å². The van der Waals surface area contributed by atoms with Crippen LogP contribution < -0.4 is 5.73 Å². The third kappa shape index (κ3) is 3.76. The Morgan fingerprint density at radius 3 is 2.42 bits per heavy atom. The van der Waals surface area contributed by atoms with Crippen LogP contribution >= 0.6 is 0 Å².